The molecule has 17 heavy (non-hydrogen) atoms. The second kappa shape index (κ2) is 6.74. The van der Waals surface area contributed by atoms with Crippen molar-refractivity contribution in [3.05, 3.63) is 18.5 Å². The van der Waals surface area contributed by atoms with Crippen molar-refractivity contribution in [1.29, 1.82) is 0 Å². The van der Waals surface area contributed by atoms with Crippen LogP contribution in [0.5, 0.6) is 0 Å². The predicted octanol–water partition coefficient (Wildman–Crippen LogP) is 0.0677. The summed E-state index contributed by atoms with van der Waals surface area (Å²) in [6.07, 6.45) is 3.87. The SMILES string of the molecule is CCN1CCNCCN(Cn2cccn2)CC1. The van der Waals surface area contributed by atoms with Crippen LogP contribution in [0.15, 0.2) is 18.5 Å². The fourth-order valence-corrected chi connectivity index (χ4v) is 2.15. The van der Waals surface area contributed by atoms with E-state index in [1.54, 1.807) is 0 Å². The second-order valence-electron chi connectivity index (χ2n) is 4.49. The van der Waals surface area contributed by atoms with E-state index in [4.69, 9.17) is 0 Å². The van der Waals surface area contributed by atoms with Gasteiger partial charge in [0.2, 0.25) is 0 Å². The highest BCUT2D eigenvalue weighted by Gasteiger charge is 2.10. The lowest BCUT2D eigenvalue weighted by molar-refractivity contribution is 0.183. The van der Waals surface area contributed by atoms with Crippen molar-refractivity contribution >= 4 is 0 Å². The Hall–Kier alpha value is -0.910. The van der Waals surface area contributed by atoms with Crippen molar-refractivity contribution in [3.63, 3.8) is 0 Å². The smallest absolute Gasteiger partial charge is 0.0929 e. The number of aromatic nitrogens is 2. The highest BCUT2D eigenvalue weighted by molar-refractivity contribution is 4.78. The normalized spacial score (nSPS) is 20.8. The minimum Gasteiger partial charge on any atom is -0.314 e. The third-order valence-corrected chi connectivity index (χ3v) is 3.29. The van der Waals surface area contributed by atoms with Crippen LogP contribution in [0.2, 0.25) is 0 Å². The largest absolute Gasteiger partial charge is 0.314 e. The number of rotatable bonds is 3. The Labute approximate surface area is 103 Å². The molecule has 1 aromatic rings. The Morgan fingerprint density at radius 1 is 1.12 bits per heavy atom. The molecule has 0 spiro atoms. The molecule has 0 radical (unpaired) electrons. The summed E-state index contributed by atoms with van der Waals surface area (Å²) in [5.74, 6) is 0. The lowest BCUT2D eigenvalue weighted by Gasteiger charge is -2.24. The zero-order chi connectivity index (χ0) is 11.9. The monoisotopic (exact) mass is 237 g/mol. The molecule has 1 aromatic heterocycles. The molecule has 0 atom stereocenters. The topological polar surface area (TPSA) is 36.3 Å². The van der Waals surface area contributed by atoms with Gasteiger partial charge in [-0.25, -0.2) is 0 Å². The summed E-state index contributed by atoms with van der Waals surface area (Å²) in [7, 11) is 0. The van der Waals surface area contributed by atoms with Crippen LogP contribution in [0.3, 0.4) is 0 Å². The van der Waals surface area contributed by atoms with Gasteiger partial charge in [-0.05, 0) is 12.6 Å². The number of hydrogen-bond donors (Lipinski definition) is 1. The van der Waals surface area contributed by atoms with Gasteiger partial charge in [0.25, 0.3) is 0 Å². The van der Waals surface area contributed by atoms with E-state index in [2.05, 4.69) is 27.1 Å². The average molecular weight is 237 g/mol. The molecule has 0 aromatic carbocycles. The van der Waals surface area contributed by atoms with Gasteiger partial charge in [0.05, 0.1) is 6.67 Å². The Morgan fingerprint density at radius 3 is 2.59 bits per heavy atom. The number of nitrogens with one attached hydrogen (secondary N) is 1. The third kappa shape index (κ3) is 4.11. The molecule has 0 saturated carbocycles. The van der Waals surface area contributed by atoms with Crippen molar-refractivity contribution in [1.82, 2.24) is 24.9 Å². The first-order chi connectivity index (χ1) is 8.38. The first-order valence-electron chi connectivity index (χ1n) is 6.51. The van der Waals surface area contributed by atoms with Gasteiger partial charge < -0.3 is 10.2 Å². The van der Waals surface area contributed by atoms with Crippen LogP contribution < -0.4 is 5.32 Å². The maximum absolute atomic E-state index is 4.27. The van der Waals surface area contributed by atoms with Gasteiger partial charge >= 0.3 is 0 Å². The van der Waals surface area contributed by atoms with Crippen molar-refractivity contribution in [2.24, 2.45) is 0 Å². The van der Waals surface area contributed by atoms with Crippen molar-refractivity contribution < 1.29 is 0 Å². The minimum atomic E-state index is 0.895. The number of likely N-dealkylation sites (N-methyl/N-ethyl adjacent to an activating group) is 1. The van der Waals surface area contributed by atoms with Gasteiger partial charge in [-0.3, -0.25) is 9.58 Å². The highest BCUT2D eigenvalue weighted by atomic mass is 15.4. The molecule has 1 saturated heterocycles. The van der Waals surface area contributed by atoms with E-state index in [9.17, 15) is 0 Å². The first-order valence-corrected chi connectivity index (χ1v) is 6.51. The van der Waals surface area contributed by atoms with Crippen LogP contribution in [-0.2, 0) is 6.67 Å². The molecule has 0 amide bonds. The predicted molar refractivity (Wildman–Crippen MR) is 68.8 cm³/mol. The zero-order valence-electron chi connectivity index (χ0n) is 10.7. The quantitative estimate of drug-likeness (QED) is 0.807. The van der Waals surface area contributed by atoms with Gasteiger partial charge in [0.15, 0.2) is 0 Å². The van der Waals surface area contributed by atoms with E-state index in [1.807, 2.05) is 23.1 Å². The number of nitrogens with zero attached hydrogens (tertiary/aromatic N) is 4. The standard InChI is InChI=1S/C12H23N5/c1-2-15-8-5-13-6-9-16(11-10-15)12-17-7-3-4-14-17/h3-4,7,13H,2,5-6,8-12H2,1H3. The van der Waals surface area contributed by atoms with E-state index in [-0.39, 0.29) is 0 Å². The molecule has 5 nitrogen and oxygen atoms in total. The first kappa shape index (κ1) is 12.5. The van der Waals surface area contributed by atoms with Crippen LogP contribution in [0.25, 0.3) is 0 Å². The third-order valence-electron chi connectivity index (χ3n) is 3.29. The second-order valence-corrected chi connectivity index (χ2v) is 4.49. The summed E-state index contributed by atoms with van der Waals surface area (Å²) in [6, 6.07) is 1.98. The molecule has 5 heteroatoms. The van der Waals surface area contributed by atoms with Gasteiger partial charge in [-0.1, -0.05) is 6.92 Å². The van der Waals surface area contributed by atoms with E-state index < -0.39 is 0 Å². The minimum absolute atomic E-state index is 0.895. The fraction of sp³-hybridized carbons (Fsp3) is 0.750. The van der Waals surface area contributed by atoms with Gasteiger partial charge in [-0.2, -0.15) is 5.10 Å². The Morgan fingerprint density at radius 2 is 1.88 bits per heavy atom. The summed E-state index contributed by atoms with van der Waals surface area (Å²) < 4.78 is 1.99. The lowest BCUT2D eigenvalue weighted by atomic mass is 10.4. The highest BCUT2D eigenvalue weighted by Crippen LogP contribution is 1.97. The lowest BCUT2D eigenvalue weighted by Crippen LogP contribution is -2.37. The fourth-order valence-electron chi connectivity index (χ4n) is 2.15. The van der Waals surface area contributed by atoms with E-state index in [1.165, 1.54) is 0 Å². The maximum atomic E-state index is 4.27. The van der Waals surface area contributed by atoms with Crippen molar-refractivity contribution in [3.8, 4) is 0 Å². The summed E-state index contributed by atoms with van der Waals surface area (Å²) in [6.45, 7) is 11.0. The summed E-state index contributed by atoms with van der Waals surface area (Å²) in [5.41, 5.74) is 0. The Balaban J connectivity index is 1.86. The molecule has 1 N–H and O–H groups in total. The van der Waals surface area contributed by atoms with Crippen LogP contribution in [0, 0.1) is 0 Å². The summed E-state index contributed by atoms with van der Waals surface area (Å²) in [5, 5.41) is 7.76. The van der Waals surface area contributed by atoms with Crippen LogP contribution in [0.4, 0.5) is 0 Å². The molecule has 2 rings (SSSR count). The van der Waals surface area contributed by atoms with Crippen LogP contribution >= 0.6 is 0 Å². The van der Waals surface area contributed by atoms with E-state index in [0.29, 0.717) is 0 Å². The van der Waals surface area contributed by atoms with E-state index in [0.717, 1.165) is 52.5 Å². The average Bonchev–Trinajstić information content (AvgIpc) is 2.86. The van der Waals surface area contributed by atoms with Gasteiger partial charge in [-0.15, -0.1) is 0 Å². The molecule has 1 aliphatic rings. The Kier molecular flexibility index (Phi) is 4.97. The molecule has 1 fully saturated rings. The maximum Gasteiger partial charge on any atom is 0.0929 e. The van der Waals surface area contributed by atoms with Crippen LogP contribution in [0.1, 0.15) is 6.92 Å². The van der Waals surface area contributed by atoms with E-state index >= 15 is 0 Å². The van der Waals surface area contributed by atoms with Gasteiger partial charge in [0.1, 0.15) is 0 Å². The molecule has 0 unspecified atom stereocenters. The van der Waals surface area contributed by atoms with Crippen LogP contribution in [-0.4, -0.2) is 65.4 Å². The van der Waals surface area contributed by atoms with Crippen molar-refractivity contribution in [2.45, 2.75) is 13.6 Å². The molecule has 96 valence electrons. The zero-order valence-corrected chi connectivity index (χ0v) is 10.7. The molecular formula is C12H23N5. The molecule has 0 bridgehead atoms. The van der Waals surface area contributed by atoms with Crippen molar-refractivity contribution in [2.75, 3.05) is 45.8 Å². The summed E-state index contributed by atoms with van der Waals surface area (Å²) >= 11 is 0. The number of hydrogen-bond acceptors (Lipinski definition) is 4. The molecule has 2 heterocycles. The van der Waals surface area contributed by atoms with Gasteiger partial charge in [0, 0.05) is 51.7 Å². The molecular weight excluding hydrogens is 214 g/mol. The molecule has 0 aliphatic carbocycles. The molecule has 1 aliphatic heterocycles. The Bertz CT molecular complexity index is 298. The summed E-state index contributed by atoms with van der Waals surface area (Å²) in [4.78, 5) is 4.95.